The van der Waals surface area contributed by atoms with Gasteiger partial charge in [0.2, 0.25) is 0 Å². The fourth-order valence-electron chi connectivity index (χ4n) is 1.43. The average Bonchev–Trinajstić information content (AvgIpc) is 2.70. The Morgan fingerprint density at radius 2 is 2.39 bits per heavy atom. The number of rotatable bonds is 4. The highest BCUT2D eigenvalue weighted by atomic mass is 32.2. The molecule has 0 aliphatic rings. The molecule has 18 heavy (non-hydrogen) atoms. The summed E-state index contributed by atoms with van der Waals surface area (Å²) in [6.07, 6.45) is 0. The van der Waals surface area contributed by atoms with Gasteiger partial charge in [-0.05, 0) is 32.0 Å². The normalized spacial score (nSPS) is 12.6. The first-order valence-corrected chi connectivity index (χ1v) is 7.29. The van der Waals surface area contributed by atoms with Gasteiger partial charge in [-0.3, -0.25) is 4.79 Å². The second kappa shape index (κ2) is 5.58. The summed E-state index contributed by atoms with van der Waals surface area (Å²) in [5.41, 5.74) is 7.35. The second-order valence-electron chi connectivity index (χ2n) is 3.72. The largest absolute Gasteiger partial charge is 0.465 e. The Balaban J connectivity index is 2.14. The Morgan fingerprint density at radius 1 is 1.61 bits per heavy atom. The summed E-state index contributed by atoms with van der Waals surface area (Å²) < 4.78 is 6.86. The molecule has 0 saturated heterocycles. The van der Waals surface area contributed by atoms with Crippen LogP contribution in [0.15, 0.2) is 22.5 Å². The minimum atomic E-state index is -0.247. The Labute approximate surface area is 114 Å². The van der Waals surface area contributed by atoms with E-state index in [9.17, 15) is 4.79 Å². The zero-order valence-electron chi connectivity index (χ0n) is 10.2. The molecular formula is C12H14N2O2S2. The highest BCUT2D eigenvalue weighted by Gasteiger charge is 2.17. The number of hydrogen-bond acceptors (Lipinski definition) is 6. The molecular weight excluding hydrogens is 268 g/mol. The maximum absolute atomic E-state index is 11.5. The first kappa shape index (κ1) is 13.2. The molecule has 0 bridgehead atoms. The van der Waals surface area contributed by atoms with Gasteiger partial charge in [-0.2, -0.15) is 0 Å². The highest BCUT2D eigenvalue weighted by Crippen LogP contribution is 2.33. The second-order valence-corrected chi connectivity index (χ2v) is 6.34. The number of benzene rings is 1. The number of aromatic nitrogens is 1. The van der Waals surface area contributed by atoms with Gasteiger partial charge >= 0.3 is 5.97 Å². The molecule has 0 radical (unpaired) electrons. The molecule has 1 atom stereocenters. The smallest absolute Gasteiger partial charge is 0.319 e. The van der Waals surface area contributed by atoms with E-state index in [1.54, 1.807) is 6.92 Å². The lowest BCUT2D eigenvalue weighted by Gasteiger charge is -2.07. The minimum absolute atomic E-state index is 0.207. The standard InChI is InChI=1S/C12H14N2O2S2/c1-3-16-11(15)7(2)17-12-14-9-5-4-8(13)6-10(9)18-12/h4-7H,3,13H2,1-2H3. The molecule has 0 spiro atoms. The van der Waals surface area contributed by atoms with E-state index in [0.29, 0.717) is 6.61 Å². The molecule has 2 N–H and O–H groups in total. The topological polar surface area (TPSA) is 65.2 Å². The summed E-state index contributed by atoms with van der Waals surface area (Å²) in [6, 6.07) is 5.61. The predicted molar refractivity (Wildman–Crippen MR) is 76.0 cm³/mol. The number of hydrogen-bond donors (Lipinski definition) is 1. The molecule has 0 aliphatic carbocycles. The Morgan fingerprint density at radius 3 is 3.11 bits per heavy atom. The molecule has 2 aromatic rings. The maximum Gasteiger partial charge on any atom is 0.319 e. The highest BCUT2D eigenvalue weighted by molar-refractivity contribution is 8.02. The van der Waals surface area contributed by atoms with Gasteiger partial charge in [0, 0.05) is 5.69 Å². The van der Waals surface area contributed by atoms with Crippen LogP contribution in [0.5, 0.6) is 0 Å². The number of esters is 1. The van der Waals surface area contributed by atoms with Gasteiger partial charge < -0.3 is 10.5 Å². The molecule has 1 aromatic carbocycles. The van der Waals surface area contributed by atoms with Gasteiger partial charge in [0.15, 0.2) is 4.34 Å². The first-order chi connectivity index (χ1) is 8.60. The average molecular weight is 282 g/mol. The van der Waals surface area contributed by atoms with Gasteiger partial charge in [0.1, 0.15) is 5.25 Å². The number of nitrogens with zero attached hydrogens (tertiary/aromatic N) is 1. The number of fused-ring (bicyclic) bond motifs is 1. The van der Waals surface area contributed by atoms with Crippen molar-refractivity contribution in [3.63, 3.8) is 0 Å². The Kier molecular flexibility index (Phi) is 4.08. The summed E-state index contributed by atoms with van der Waals surface area (Å²) in [4.78, 5) is 16.0. The van der Waals surface area contributed by atoms with E-state index in [1.165, 1.54) is 23.1 Å². The predicted octanol–water partition coefficient (Wildman–Crippen LogP) is 2.92. The fraction of sp³-hybridized carbons (Fsp3) is 0.333. The summed E-state index contributed by atoms with van der Waals surface area (Å²) >= 11 is 2.95. The zero-order valence-corrected chi connectivity index (χ0v) is 11.8. The third-order valence-corrected chi connectivity index (χ3v) is 4.48. The van der Waals surface area contributed by atoms with Crippen LogP contribution in [0.4, 0.5) is 5.69 Å². The number of nitrogen functional groups attached to an aromatic ring is 1. The number of carbonyl (C=O) groups is 1. The van der Waals surface area contributed by atoms with Crippen LogP contribution >= 0.6 is 23.1 Å². The van der Waals surface area contributed by atoms with E-state index < -0.39 is 0 Å². The molecule has 0 aliphatic heterocycles. The van der Waals surface area contributed by atoms with E-state index >= 15 is 0 Å². The van der Waals surface area contributed by atoms with E-state index in [1.807, 2.05) is 25.1 Å². The fourth-order valence-corrected chi connectivity index (χ4v) is 3.69. The Bertz CT molecular complexity index is 568. The molecule has 1 aromatic heterocycles. The molecule has 0 saturated carbocycles. The number of anilines is 1. The van der Waals surface area contributed by atoms with Crippen molar-refractivity contribution in [2.45, 2.75) is 23.4 Å². The maximum atomic E-state index is 11.5. The molecule has 0 fully saturated rings. The molecule has 2 rings (SSSR count). The molecule has 1 heterocycles. The summed E-state index contributed by atoms with van der Waals surface area (Å²) in [5.74, 6) is -0.207. The lowest BCUT2D eigenvalue weighted by Crippen LogP contribution is -2.16. The van der Waals surface area contributed by atoms with E-state index in [2.05, 4.69) is 4.98 Å². The molecule has 0 amide bonds. The summed E-state index contributed by atoms with van der Waals surface area (Å²) in [6.45, 7) is 4.03. The van der Waals surface area contributed by atoms with Crippen molar-refractivity contribution in [1.82, 2.24) is 4.98 Å². The number of thioether (sulfide) groups is 1. The van der Waals surface area contributed by atoms with Crippen LogP contribution in [0.25, 0.3) is 10.2 Å². The summed E-state index contributed by atoms with van der Waals surface area (Å²) in [5, 5.41) is -0.247. The Hall–Kier alpha value is -1.27. The van der Waals surface area contributed by atoms with Crippen molar-refractivity contribution in [3.05, 3.63) is 18.2 Å². The molecule has 1 unspecified atom stereocenters. The van der Waals surface area contributed by atoms with Crippen LogP contribution < -0.4 is 5.73 Å². The number of nitrogens with two attached hydrogens (primary N) is 1. The molecule has 96 valence electrons. The van der Waals surface area contributed by atoms with E-state index in [4.69, 9.17) is 10.5 Å². The molecule has 6 heteroatoms. The monoisotopic (exact) mass is 282 g/mol. The van der Waals surface area contributed by atoms with Crippen LogP contribution in [0.2, 0.25) is 0 Å². The van der Waals surface area contributed by atoms with E-state index in [-0.39, 0.29) is 11.2 Å². The van der Waals surface area contributed by atoms with Crippen molar-refractivity contribution in [3.8, 4) is 0 Å². The van der Waals surface area contributed by atoms with Crippen LogP contribution in [0.3, 0.4) is 0 Å². The van der Waals surface area contributed by atoms with Gasteiger partial charge in [-0.25, -0.2) is 4.98 Å². The lowest BCUT2D eigenvalue weighted by atomic mass is 10.3. The number of ether oxygens (including phenoxy) is 1. The number of carbonyl (C=O) groups excluding carboxylic acids is 1. The van der Waals surface area contributed by atoms with Crippen LogP contribution in [0, 0.1) is 0 Å². The minimum Gasteiger partial charge on any atom is -0.465 e. The molecule has 4 nitrogen and oxygen atoms in total. The van der Waals surface area contributed by atoms with Crippen LogP contribution in [-0.4, -0.2) is 22.8 Å². The van der Waals surface area contributed by atoms with Gasteiger partial charge in [0.05, 0.1) is 16.8 Å². The zero-order chi connectivity index (χ0) is 13.1. The van der Waals surface area contributed by atoms with Gasteiger partial charge in [0.25, 0.3) is 0 Å². The van der Waals surface area contributed by atoms with Gasteiger partial charge in [-0.1, -0.05) is 11.8 Å². The van der Waals surface area contributed by atoms with Crippen molar-refractivity contribution >= 4 is 45.0 Å². The van der Waals surface area contributed by atoms with Gasteiger partial charge in [-0.15, -0.1) is 11.3 Å². The van der Waals surface area contributed by atoms with Crippen molar-refractivity contribution in [2.75, 3.05) is 12.3 Å². The number of thiazole rings is 1. The van der Waals surface area contributed by atoms with Crippen molar-refractivity contribution < 1.29 is 9.53 Å². The van der Waals surface area contributed by atoms with Crippen molar-refractivity contribution in [1.29, 1.82) is 0 Å². The van der Waals surface area contributed by atoms with Crippen LogP contribution in [-0.2, 0) is 9.53 Å². The third-order valence-electron chi connectivity index (χ3n) is 2.29. The lowest BCUT2D eigenvalue weighted by molar-refractivity contribution is -0.142. The quantitative estimate of drug-likeness (QED) is 0.530. The van der Waals surface area contributed by atoms with E-state index in [0.717, 1.165) is 20.2 Å². The third kappa shape index (κ3) is 2.94. The first-order valence-electron chi connectivity index (χ1n) is 5.59. The SMILES string of the molecule is CCOC(=O)C(C)Sc1nc2ccc(N)cc2s1. The van der Waals surface area contributed by atoms with Crippen molar-refractivity contribution in [2.24, 2.45) is 0 Å². The van der Waals surface area contributed by atoms with Crippen LogP contribution in [0.1, 0.15) is 13.8 Å². The summed E-state index contributed by atoms with van der Waals surface area (Å²) in [7, 11) is 0.